The molecule has 3 aromatic rings. The van der Waals surface area contributed by atoms with Gasteiger partial charge in [-0.2, -0.15) is 0 Å². The van der Waals surface area contributed by atoms with E-state index >= 15 is 0 Å². The minimum atomic E-state index is -0.0278. The van der Waals surface area contributed by atoms with Gasteiger partial charge in [-0.05, 0) is 46.9 Å². The molecular weight excluding hydrogens is 326 g/mol. The third-order valence-corrected chi connectivity index (χ3v) is 5.07. The molecule has 0 saturated carbocycles. The maximum atomic E-state index is 12.0. The number of benzene rings is 1. The smallest absolute Gasteiger partial charge is 0.263 e. The number of carbonyl (C=O) groups excluding carboxylic acids is 1. The number of thiazole rings is 1. The van der Waals surface area contributed by atoms with Gasteiger partial charge in [0.25, 0.3) is 5.91 Å². The van der Waals surface area contributed by atoms with E-state index in [4.69, 9.17) is 4.63 Å². The number of amides is 1. The van der Waals surface area contributed by atoms with E-state index < -0.39 is 0 Å². The van der Waals surface area contributed by atoms with Gasteiger partial charge in [-0.3, -0.25) is 14.7 Å². The van der Waals surface area contributed by atoms with Crippen molar-refractivity contribution < 1.29 is 9.42 Å². The van der Waals surface area contributed by atoms with Crippen LogP contribution in [0, 0.1) is 5.92 Å². The standard InChI is InChI=1S/C16H17N5O2S/c22-16(15-7-17-10-24-15)18-6-12-3-4-21(9-12)8-11-1-2-13-14(5-11)20-23-19-13/h1-2,5,7,10,12H,3-4,6,8-9H2,(H,18,22). The fourth-order valence-electron chi connectivity index (χ4n) is 3.06. The number of nitrogens with one attached hydrogen (secondary N) is 1. The van der Waals surface area contributed by atoms with Crippen molar-refractivity contribution in [1.29, 1.82) is 0 Å². The molecule has 1 fully saturated rings. The van der Waals surface area contributed by atoms with Gasteiger partial charge in [0.1, 0.15) is 15.9 Å². The van der Waals surface area contributed by atoms with E-state index in [1.54, 1.807) is 11.7 Å². The Labute approximate surface area is 142 Å². The molecule has 0 radical (unpaired) electrons. The lowest BCUT2D eigenvalue weighted by Crippen LogP contribution is -2.30. The number of fused-ring (bicyclic) bond motifs is 1. The zero-order chi connectivity index (χ0) is 16.4. The summed E-state index contributed by atoms with van der Waals surface area (Å²) in [6.07, 6.45) is 2.70. The van der Waals surface area contributed by atoms with Gasteiger partial charge in [0.15, 0.2) is 0 Å². The van der Waals surface area contributed by atoms with Crippen LogP contribution in [-0.4, -0.2) is 45.7 Å². The third kappa shape index (κ3) is 3.29. The molecule has 1 unspecified atom stereocenters. The second-order valence-corrected chi connectivity index (χ2v) is 6.94. The van der Waals surface area contributed by atoms with Gasteiger partial charge in [0.2, 0.25) is 0 Å². The highest BCUT2D eigenvalue weighted by Gasteiger charge is 2.23. The van der Waals surface area contributed by atoms with Gasteiger partial charge < -0.3 is 5.32 Å². The van der Waals surface area contributed by atoms with Crippen LogP contribution in [0.3, 0.4) is 0 Å². The Morgan fingerprint density at radius 3 is 3.17 bits per heavy atom. The number of hydrogen-bond donors (Lipinski definition) is 1. The van der Waals surface area contributed by atoms with E-state index in [1.165, 1.54) is 16.9 Å². The normalized spacial score (nSPS) is 18.2. The summed E-state index contributed by atoms with van der Waals surface area (Å²) in [7, 11) is 0. The number of hydrogen-bond acceptors (Lipinski definition) is 7. The largest absolute Gasteiger partial charge is 0.351 e. The van der Waals surface area contributed by atoms with Crippen molar-refractivity contribution in [3.63, 3.8) is 0 Å². The van der Waals surface area contributed by atoms with Crippen LogP contribution in [-0.2, 0) is 6.54 Å². The maximum absolute atomic E-state index is 12.0. The molecule has 0 spiro atoms. The number of rotatable bonds is 5. The Bertz CT molecular complexity index is 832. The molecular formula is C16H17N5O2S. The molecule has 0 aliphatic carbocycles. The van der Waals surface area contributed by atoms with Gasteiger partial charge in [-0.25, -0.2) is 4.63 Å². The molecule has 1 atom stereocenters. The first-order valence-corrected chi connectivity index (χ1v) is 8.76. The monoisotopic (exact) mass is 343 g/mol. The summed E-state index contributed by atoms with van der Waals surface area (Å²) in [6, 6.07) is 6.01. The molecule has 8 heteroatoms. The molecule has 4 rings (SSSR count). The predicted molar refractivity (Wildman–Crippen MR) is 89.6 cm³/mol. The minimum Gasteiger partial charge on any atom is -0.351 e. The van der Waals surface area contributed by atoms with Crippen molar-refractivity contribution in [3.05, 3.63) is 40.3 Å². The fraction of sp³-hybridized carbons (Fsp3) is 0.375. The van der Waals surface area contributed by atoms with Crippen LogP contribution in [0.15, 0.2) is 34.5 Å². The molecule has 3 heterocycles. The summed E-state index contributed by atoms with van der Waals surface area (Å²) >= 11 is 1.37. The van der Waals surface area contributed by atoms with Gasteiger partial charge in [-0.15, -0.1) is 11.3 Å². The van der Waals surface area contributed by atoms with E-state index in [9.17, 15) is 4.79 Å². The van der Waals surface area contributed by atoms with Gasteiger partial charge >= 0.3 is 0 Å². The molecule has 7 nitrogen and oxygen atoms in total. The lowest BCUT2D eigenvalue weighted by atomic mass is 10.1. The third-order valence-electron chi connectivity index (χ3n) is 4.30. The summed E-state index contributed by atoms with van der Waals surface area (Å²) < 4.78 is 4.73. The fourth-order valence-corrected chi connectivity index (χ4v) is 3.60. The Morgan fingerprint density at radius 2 is 2.29 bits per heavy atom. The number of likely N-dealkylation sites (tertiary alicyclic amines) is 1. The Kier molecular flexibility index (Phi) is 4.22. The molecule has 1 aromatic carbocycles. The van der Waals surface area contributed by atoms with Crippen molar-refractivity contribution in [2.45, 2.75) is 13.0 Å². The topological polar surface area (TPSA) is 84.2 Å². The van der Waals surface area contributed by atoms with Gasteiger partial charge in [0, 0.05) is 19.6 Å². The van der Waals surface area contributed by atoms with E-state index in [0.717, 1.165) is 37.1 Å². The highest BCUT2D eigenvalue weighted by Crippen LogP contribution is 2.20. The van der Waals surface area contributed by atoms with Crippen LogP contribution in [0.4, 0.5) is 0 Å². The Morgan fingerprint density at radius 1 is 1.38 bits per heavy atom. The second-order valence-electron chi connectivity index (χ2n) is 6.05. The van der Waals surface area contributed by atoms with Crippen molar-refractivity contribution in [1.82, 2.24) is 25.5 Å². The van der Waals surface area contributed by atoms with E-state index in [-0.39, 0.29) is 5.91 Å². The van der Waals surface area contributed by atoms with E-state index in [0.29, 0.717) is 17.3 Å². The Hall–Kier alpha value is -2.32. The zero-order valence-electron chi connectivity index (χ0n) is 13.0. The van der Waals surface area contributed by atoms with Gasteiger partial charge in [0.05, 0.1) is 11.7 Å². The molecule has 0 bridgehead atoms. The molecule has 1 aliphatic heterocycles. The van der Waals surface area contributed by atoms with Crippen molar-refractivity contribution in [2.24, 2.45) is 5.92 Å². The minimum absolute atomic E-state index is 0.0278. The van der Waals surface area contributed by atoms with Crippen LogP contribution in [0.1, 0.15) is 21.7 Å². The number of carbonyl (C=O) groups is 1. The first-order valence-electron chi connectivity index (χ1n) is 7.88. The number of nitrogens with zero attached hydrogens (tertiary/aromatic N) is 4. The SMILES string of the molecule is O=C(NCC1CCN(Cc2ccc3nonc3c2)C1)c1cncs1. The van der Waals surface area contributed by atoms with Gasteiger partial charge in [-0.1, -0.05) is 6.07 Å². The molecule has 1 amide bonds. The molecule has 124 valence electrons. The van der Waals surface area contributed by atoms with Crippen molar-refractivity contribution >= 4 is 28.3 Å². The number of aromatic nitrogens is 3. The average molecular weight is 343 g/mol. The maximum Gasteiger partial charge on any atom is 0.263 e. The lowest BCUT2D eigenvalue weighted by molar-refractivity contribution is 0.0951. The summed E-state index contributed by atoms with van der Waals surface area (Å²) in [5.74, 6) is 0.458. The van der Waals surface area contributed by atoms with Crippen molar-refractivity contribution in [3.8, 4) is 0 Å². The summed E-state index contributed by atoms with van der Waals surface area (Å²) in [6.45, 7) is 3.61. The summed E-state index contributed by atoms with van der Waals surface area (Å²) in [5.41, 5.74) is 4.45. The zero-order valence-corrected chi connectivity index (χ0v) is 13.8. The van der Waals surface area contributed by atoms with Crippen LogP contribution in [0.25, 0.3) is 11.0 Å². The van der Waals surface area contributed by atoms with Crippen LogP contribution < -0.4 is 5.32 Å². The van der Waals surface area contributed by atoms with Crippen LogP contribution in [0.5, 0.6) is 0 Å². The highest BCUT2D eigenvalue weighted by molar-refractivity contribution is 7.11. The lowest BCUT2D eigenvalue weighted by Gasteiger charge is -2.16. The molecule has 1 N–H and O–H groups in total. The van der Waals surface area contributed by atoms with Crippen molar-refractivity contribution in [2.75, 3.05) is 19.6 Å². The predicted octanol–water partition coefficient (Wildman–Crippen LogP) is 1.93. The highest BCUT2D eigenvalue weighted by atomic mass is 32.1. The molecule has 1 saturated heterocycles. The summed E-state index contributed by atoms with van der Waals surface area (Å²) in [5, 5.41) is 10.7. The molecule has 1 aliphatic rings. The molecule has 24 heavy (non-hydrogen) atoms. The first kappa shape index (κ1) is 15.2. The van der Waals surface area contributed by atoms with Crippen LogP contribution >= 0.6 is 11.3 Å². The van der Waals surface area contributed by atoms with Crippen LogP contribution in [0.2, 0.25) is 0 Å². The summed E-state index contributed by atoms with van der Waals surface area (Å²) in [4.78, 5) is 19.0. The first-order chi connectivity index (χ1) is 11.8. The van der Waals surface area contributed by atoms with E-state index in [2.05, 4.69) is 31.6 Å². The Balaban J connectivity index is 1.29. The van der Waals surface area contributed by atoms with E-state index in [1.807, 2.05) is 12.1 Å². The second kappa shape index (κ2) is 6.66. The average Bonchev–Trinajstić information content (AvgIpc) is 3.33. The quantitative estimate of drug-likeness (QED) is 0.762. The molecule has 2 aromatic heterocycles.